The lowest BCUT2D eigenvalue weighted by molar-refractivity contribution is 0.0232. The number of rotatable bonds is 4. The zero-order valence-electron chi connectivity index (χ0n) is 10.9. The van der Waals surface area contributed by atoms with E-state index in [1.807, 2.05) is 6.92 Å². The van der Waals surface area contributed by atoms with Crippen molar-refractivity contribution in [3.8, 4) is 11.5 Å². The van der Waals surface area contributed by atoms with Crippen LogP contribution in [0.3, 0.4) is 0 Å². The smallest absolute Gasteiger partial charge is 0.163 e. The van der Waals surface area contributed by atoms with Crippen LogP contribution >= 0.6 is 0 Å². The van der Waals surface area contributed by atoms with E-state index < -0.39 is 0 Å². The first-order valence-electron chi connectivity index (χ1n) is 6.24. The molecular formula is C14H19NO3. The topological polar surface area (TPSA) is 47.6 Å². The highest BCUT2D eigenvalue weighted by Gasteiger charge is 2.29. The maximum Gasteiger partial charge on any atom is 0.163 e. The number of aldehydes is 1. The highest BCUT2D eigenvalue weighted by atomic mass is 16.5. The van der Waals surface area contributed by atoms with Crippen molar-refractivity contribution in [3.63, 3.8) is 0 Å². The van der Waals surface area contributed by atoms with Crippen molar-refractivity contribution in [1.29, 1.82) is 0 Å². The summed E-state index contributed by atoms with van der Waals surface area (Å²) in [5.41, 5.74) is 0.231. The molecule has 18 heavy (non-hydrogen) atoms. The fourth-order valence-electron chi connectivity index (χ4n) is 2.20. The molecule has 1 aromatic rings. The standard InChI is InChI=1S/C14H19NO3/c1-14(7-3-4-8-15-14)18-12-6-5-11(10-16)9-13(12)17-2/h5-6,9-10,15H,3-4,7-8H2,1-2H3/t14-/m1/s1. The molecule has 0 amide bonds. The summed E-state index contributed by atoms with van der Waals surface area (Å²) in [4.78, 5) is 10.7. The van der Waals surface area contributed by atoms with Gasteiger partial charge in [0.1, 0.15) is 6.29 Å². The maximum absolute atomic E-state index is 10.7. The molecule has 1 atom stereocenters. The minimum Gasteiger partial charge on any atom is -0.493 e. The molecule has 1 fully saturated rings. The lowest BCUT2D eigenvalue weighted by Gasteiger charge is -2.35. The number of nitrogens with one attached hydrogen (secondary N) is 1. The molecule has 0 aromatic heterocycles. The molecule has 0 radical (unpaired) electrons. The molecule has 1 saturated heterocycles. The number of carbonyl (C=O) groups is 1. The largest absolute Gasteiger partial charge is 0.493 e. The van der Waals surface area contributed by atoms with E-state index in [4.69, 9.17) is 9.47 Å². The van der Waals surface area contributed by atoms with Crippen molar-refractivity contribution >= 4 is 6.29 Å². The molecule has 1 aromatic carbocycles. The molecule has 0 bridgehead atoms. The van der Waals surface area contributed by atoms with E-state index in [0.717, 1.165) is 25.7 Å². The van der Waals surface area contributed by atoms with Gasteiger partial charge in [0, 0.05) is 12.0 Å². The van der Waals surface area contributed by atoms with E-state index in [-0.39, 0.29) is 5.72 Å². The molecule has 98 valence electrons. The molecule has 2 rings (SSSR count). The molecule has 1 aliphatic heterocycles. The summed E-state index contributed by atoms with van der Waals surface area (Å²) in [6, 6.07) is 5.20. The molecule has 0 unspecified atom stereocenters. The third-order valence-electron chi connectivity index (χ3n) is 3.24. The molecule has 1 heterocycles. The lowest BCUT2D eigenvalue weighted by atomic mass is 10.0. The second-order valence-corrected chi connectivity index (χ2v) is 4.74. The van der Waals surface area contributed by atoms with Crippen LogP contribution in [-0.2, 0) is 0 Å². The average Bonchev–Trinajstić information content (AvgIpc) is 2.39. The quantitative estimate of drug-likeness (QED) is 0.832. The first-order chi connectivity index (χ1) is 8.67. The molecule has 1 aliphatic rings. The van der Waals surface area contributed by atoms with Crippen LogP contribution in [0.2, 0.25) is 0 Å². The third-order valence-corrected chi connectivity index (χ3v) is 3.24. The minimum absolute atomic E-state index is 0.353. The van der Waals surface area contributed by atoms with Crippen molar-refractivity contribution < 1.29 is 14.3 Å². The van der Waals surface area contributed by atoms with Crippen molar-refractivity contribution in [2.45, 2.75) is 31.9 Å². The fraction of sp³-hybridized carbons (Fsp3) is 0.500. The van der Waals surface area contributed by atoms with E-state index in [2.05, 4.69) is 5.32 Å². The lowest BCUT2D eigenvalue weighted by Crippen LogP contribution is -2.50. The van der Waals surface area contributed by atoms with Gasteiger partial charge in [-0.05, 0) is 44.5 Å². The van der Waals surface area contributed by atoms with Crippen LogP contribution in [-0.4, -0.2) is 25.7 Å². The summed E-state index contributed by atoms with van der Waals surface area (Å²) in [7, 11) is 1.58. The molecule has 0 spiro atoms. The van der Waals surface area contributed by atoms with Crippen LogP contribution in [0.15, 0.2) is 18.2 Å². The Kier molecular flexibility index (Phi) is 3.87. The van der Waals surface area contributed by atoms with Gasteiger partial charge in [0.25, 0.3) is 0 Å². The Labute approximate surface area is 107 Å². The number of hydrogen-bond donors (Lipinski definition) is 1. The van der Waals surface area contributed by atoms with Crippen molar-refractivity contribution in [2.24, 2.45) is 0 Å². The summed E-state index contributed by atoms with van der Waals surface area (Å²) in [6.07, 6.45) is 4.09. The van der Waals surface area contributed by atoms with E-state index >= 15 is 0 Å². The highest BCUT2D eigenvalue weighted by Crippen LogP contribution is 2.32. The second-order valence-electron chi connectivity index (χ2n) is 4.74. The van der Waals surface area contributed by atoms with Crippen LogP contribution in [0.25, 0.3) is 0 Å². The predicted octanol–water partition coefficient (Wildman–Crippen LogP) is 2.38. The molecule has 0 saturated carbocycles. The number of benzene rings is 1. The third kappa shape index (κ3) is 2.82. The number of methoxy groups -OCH3 is 1. The van der Waals surface area contributed by atoms with E-state index in [0.29, 0.717) is 17.1 Å². The molecule has 4 heteroatoms. The molecular weight excluding hydrogens is 230 g/mol. The average molecular weight is 249 g/mol. The number of piperidine rings is 1. The van der Waals surface area contributed by atoms with Crippen LogP contribution in [0.5, 0.6) is 11.5 Å². The number of carbonyl (C=O) groups excluding carboxylic acids is 1. The summed E-state index contributed by atoms with van der Waals surface area (Å²) in [5, 5.41) is 3.38. The summed E-state index contributed by atoms with van der Waals surface area (Å²) < 4.78 is 11.3. The van der Waals surface area contributed by atoms with Gasteiger partial charge in [-0.25, -0.2) is 0 Å². The Balaban J connectivity index is 2.19. The fourth-order valence-corrected chi connectivity index (χ4v) is 2.20. The van der Waals surface area contributed by atoms with E-state index in [1.165, 1.54) is 6.42 Å². The van der Waals surface area contributed by atoms with Crippen LogP contribution in [0, 0.1) is 0 Å². The summed E-state index contributed by atoms with van der Waals surface area (Å²) >= 11 is 0. The minimum atomic E-state index is -0.353. The van der Waals surface area contributed by atoms with Gasteiger partial charge < -0.3 is 9.47 Å². The van der Waals surface area contributed by atoms with Crippen molar-refractivity contribution in [1.82, 2.24) is 5.32 Å². The SMILES string of the molecule is COc1cc(C=O)ccc1O[C@]1(C)CCCCN1. The van der Waals surface area contributed by atoms with Crippen LogP contribution < -0.4 is 14.8 Å². The van der Waals surface area contributed by atoms with Gasteiger partial charge in [-0.3, -0.25) is 10.1 Å². The monoisotopic (exact) mass is 249 g/mol. The highest BCUT2D eigenvalue weighted by molar-refractivity contribution is 5.76. The first kappa shape index (κ1) is 12.9. The van der Waals surface area contributed by atoms with Gasteiger partial charge in [-0.15, -0.1) is 0 Å². The Morgan fingerprint density at radius 1 is 1.33 bits per heavy atom. The first-order valence-corrected chi connectivity index (χ1v) is 6.24. The number of hydrogen-bond acceptors (Lipinski definition) is 4. The zero-order chi connectivity index (χ0) is 13.0. The summed E-state index contributed by atoms with van der Waals surface area (Å²) in [5.74, 6) is 1.26. The van der Waals surface area contributed by atoms with Crippen molar-refractivity contribution in [2.75, 3.05) is 13.7 Å². The molecule has 4 nitrogen and oxygen atoms in total. The van der Waals surface area contributed by atoms with Gasteiger partial charge >= 0.3 is 0 Å². The number of ether oxygens (including phenoxy) is 2. The van der Waals surface area contributed by atoms with E-state index in [9.17, 15) is 4.79 Å². The Bertz CT molecular complexity index is 425. The normalized spacial score (nSPS) is 23.4. The van der Waals surface area contributed by atoms with Gasteiger partial charge in [-0.1, -0.05) is 0 Å². The van der Waals surface area contributed by atoms with E-state index in [1.54, 1.807) is 25.3 Å². The predicted molar refractivity (Wildman–Crippen MR) is 69.3 cm³/mol. The van der Waals surface area contributed by atoms with Crippen LogP contribution in [0.4, 0.5) is 0 Å². The zero-order valence-corrected chi connectivity index (χ0v) is 10.9. The van der Waals surface area contributed by atoms with Gasteiger partial charge in [-0.2, -0.15) is 0 Å². The summed E-state index contributed by atoms with van der Waals surface area (Å²) in [6.45, 7) is 3.00. The Morgan fingerprint density at radius 2 is 2.17 bits per heavy atom. The van der Waals surface area contributed by atoms with Crippen LogP contribution in [0.1, 0.15) is 36.5 Å². The molecule has 0 aliphatic carbocycles. The second kappa shape index (κ2) is 5.40. The molecule has 1 N–H and O–H groups in total. The van der Waals surface area contributed by atoms with Gasteiger partial charge in [0.05, 0.1) is 7.11 Å². The van der Waals surface area contributed by atoms with Gasteiger partial charge in [0.2, 0.25) is 0 Å². The van der Waals surface area contributed by atoms with Gasteiger partial charge in [0.15, 0.2) is 17.2 Å². The van der Waals surface area contributed by atoms with Crippen molar-refractivity contribution in [3.05, 3.63) is 23.8 Å². The maximum atomic E-state index is 10.7. The Hall–Kier alpha value is -1.55. The Morgan fingerprint density at radius 3 is 2.78 bits per heavy atom.